The largest absolute Gasteiger partial charge is 0.486 e. The van der Waals surface area contributed by atoms with E-state index >= 15 is 0 Å². The summed E-state index contributed by atoms with van der Waals surface area (Å²) < 4.78 is 8.01. The molecule has 0 aliphatic carbocycles. The van der Waals surface area contributed by atoms with Crippen molar-refractivity contribution in [1.82, 2.24) is 14.8 Å². The molecule has 0 saturated carbocycles. The molecule has 1 aromatic carbocycles. The number of fused-ring (bicyclic) bond motifs is 1. The zero-order valence-electron chi connectivity index (χ0n) is 11.7. The molecular weight excluding hydrogens is 252 g/mol. The van der Waals surface area contributed by atoms with Crippen molar-refractivity contribution < 1.29 is 4.74 Å². The van der Waals surface area contributed by atoms with Crippen LogP contribution in [0.25, 0.3) is 0 Å². The average Bonchev–Trinajstić information content (AvgIpc) is 2.89. The number of nitrogens with zero attached hydrogens (tertiary/aromatic N) is 3. The van der Waals surface area contributed by atoms with Gasteiger partial charge in [-0.3, -0.25) is 0 Å². The molecule has 1 aliphatic heterocycles. The molecule has 5 nitrogen and oxygen atoms in total. The minimum absolute atomic E-state index is 0.0133. The summed E-state index contributed by atoms with van der Waals surface area (Å²) in [5.41, 5.74) is 6.96. The van der Waals surface area contributed by atoms with Crippen molar-refractivity contribution in [3.8, 4) is 5.75 Å². The number of aryl methyl sites for hydroxylation is 1. The van der Waals surface area contributed by atoms with Gasteiger partial charge in [-0.05, 0) is 37.5 Å². The van der Waals surface area contributed by atoms with Crippen molar-refractivity contribution in [2.45, 2.75) is 45.4 Å². The fourth-order valence-corrected chi connectivity index (χ4v) is 2.51. The number of rotatable bonds is 4. The van der Waals surface area contributed by atoms with E-state index in [0.29, 0.717) is 6.61 Å². The van der Waals surface area contributed by atoms with Crippen molar-refractivity contribution >= 4 is 0 Å². The van der Waals surface area contributed by atoms with Gasteiger partial charge in [-0.15, -0.1) is 10.2 Å². The Labute approximate surface area is 118 Å². The van der Waals surface area contributed by atoms with Crippen molar-refractivity contribution in [2.24, 2.45) is 5.73 Å². The average molecular weight is 272 g/mol. The molecule has 0 bridgehead atoms. The number of aromatic nitrogens is 3. The summed E-state index contributed by atoms with van der Waals surface area (Å²) in [6.45, 7) is 3.42. The first-order valence-electron chi connectivity index (χ1n) is 7.13. The zero-order chi connectivity index (χ0) is 13.9. The molecule has 1 aromatic heterocycles. The highest BCUT2D eigenvalue weighted by molar-refractivity contribution is 5.30. The lowest BCUT2D eigenvalue weighted by Crippen LogP contribution is -2.14. The van der Waals surface area contributed by atoms with Gasteiger partial charge in [0.25, 0.3) is 0 Å². The highest BCUT2D eigenvalue weighted by Gasteiger charge is 2.15. The van der Waals surface area contributed by atoms with E-state index in [1.54, 1.807) is 0 Å². The molecule has 0 radical (unpaired) electrons. The van der Waals surface area contributed by atoms with Gasteiger partial charge in [-0.2, -0.15) is 0 Å². The molecule has 3 rings (SSSR count). The fourth-order valence-electron chi connectivity index (χ4n) is 2.51. The molecule has 1 aliphatic rings. The Bertz CT molecular complexity index is 591. The number of hydrogen-bond acceptors (Lipinski definition) is 4. The van der Waals surface area contributed by atoms with Crippen LogP contribution in [0.4, 0.5) is 0 Å². The van der Waals surface area contributed by atoms with E-state index in [9.17, 15) is 0 Å². The molecule has 2 heterocycles. The van der Waals surface area contributed by atoms with Crippen molar-refractivity contribution in [2.75, 3.05) is 0 Å². The van der Waals surface area contributed by atoms with Crippen LogP contribution in [0, 0.1) is 0 Å². The van der Waals surface area contributed by atoms with E-state index in [1.165, 1.54) is 12.8 Å². The molecule has 106 valence electrons. The van der Waals surface area contributed by atoms with Crippen LogP contribution in [0.1, 0.15) is 43.0 Å². The molecular formula is C15H20N4O. The van der Waals surface area contributed by atoms with E-state index in [0.717, 1.165) is 35.9 Å². The van der Waals surface area contributed by atoms with Gasteiger partial charge in [0.1, 0.15) is 18.2 Å². The lowest BCUT2D eigenvalue weighted by atomic mass is 10.1. The normalized spacial score (nSPS) is 15.7. The van der Waals surface area contributed by atoms with Crippen LogP contribution in [0.2, 0.25) is 0 Å². The smallest absolute Gasteiger partial charge is 0.171 e. The molecule has 0 fully saturated rings. The second-order valence-corrected chi connectivity index (χ2v) is 5.29. The Morgan fingerprint density at radius 2 is 2.25 bits per heavy atom. The van der Waals surface area contributed by atoms with Gasteiger partial charge in [-0.1, -0.05) is 12.1 Å². The van der Waals surface area contributed by atoms with Crippen LogP contribution in [0.3, 0.4) is 0 Å². The first kappa shape index (κ1) is 13.1. The van der Waals surface area contributed by atoms with Gasteiger partial charge >= 0.3 is 0 Å². The standard InChI is InChI=1S/C15H20N4O/c1-11(16)12-5-4-6-13(9-12)20-10-15-18-17-14-7-2-3-8-19(14)15/h4-6,9,11H,2-3,7-8,10,16H2,1H3. The minimum atomic E-state index is 0.0133. The molecule has 0 amide bonds. The Hall–Kier alpha value is -1.88. The fraction of sp³-hybridized carbons (Fsp3) is 0.467. The van der Waals surface area contributed by atoms with Crippen LogP contribution in [0.15, 0.2) is 24.3 Å². The van der Waals surface area contributed by atoms with Gasteiger partial charge in [0.15, 0.2) is 5.82 Å². The molecule has 20 heavy (non-hydrogen) atoms. The Kier molecular flexibility index (Phi) is 3.69. The molecule has 5 heteroatoms. The summed E-state index contributed by atoms with van der Waals surface area (Å²) in [7, 11) is 0. The quantitative estimate of drug-likeness (QED) is 0.926. The second-order valence-electron chi connectivity index (χ2n) is 5.29. The molecule has 0 saturated heterocycles. The predicted molar refractivity (Wildman–Crippen MR) is 76.3 cm³/mol. The number of benzene rings is 1. The lowest BCUT2D eigenvalue weighted by Gasteiger charge is -2.15. The van der Waals surface area contributed by atoms with Crippen LogP contribution in [-0.4, -0.2) is 14.8 Å². The minimum Gasteiger partial charge on any atom is -0.486 e. The summed E-state index contributed by atoms with van der Waals surface area (Å²) >= 11 is 0. The SMILES string of the molecule is CC(N)c1cccc(OCc2nnc3n2CCCC3)c1. The van der Waals surface area contributed by atoms with Crippen LogP contribution in [-0.2, 0) is 19.6 Å². The Morgan fingerprint density at radius 3 is 3.10 bits per heavy atom. The maximum Gasteiger partial charge on any atom is 0.171 e. The third-order valence-corrected chi connectivity index (χ3v) is 3.69. The molecule has 2 aromatic rings. The highest BCUT2D eigenvalue weighted by Crippen LogP contribution is 2.20. The number of hydrogen-bond donors (Lipinski definition) is 1. The van der Waals surface area contributed by atoms with Crippen LogP contribution >= 0.6 is 0 Å². The Morgan fingerprint density at radius 1 is 1.35 bits per heavy atom. The number of nitrogens with two attached hydrogens (primary N) is 1. The summed E-state index contributed by atoms with van der Waals surface area (Å²) in [6.07, 6.45) is 3.42. The molecule has 2 N–H and O–H groups in total. The van der Waals surface area contributed by atoms with Crippen molar-refractivity contribution in [3.05, 3.63) is 41.5 Å². The van der Waals surface area contributed by atoms with E-state index in [2.05, 4.69) is 14.8 Å². The van der Waals surface area contributed by atoms with Gasteiger partial charge in [0.2, 0.25) is 0 Å². The third-order valence-electron chi connectivity index (χ3n) is 3.69. The predicted octanol–water partition coefficient (Wildman–Crippen LogP) is 2.21. The molecule has 1 atom stereocenters. The van der Waals surface area contributed by atoms with Crippen LogP contribution < -0.4 is 10.5 Å². The monoisotopic (exact) mass is 272 g/mol. The van der Waals surface area contributed by atoms with E-state index in [-0.39, 0.29) is 6.04 Å². The third kappa shape index (κ3) is 2.67. The van der Waals surface area contributed by atoms with Gasteiger partial charge in [0.05, 0.1) is 0 Å². The first-order chi connectivity index (χ1) is 9.74. The van der Waals surface area contributed by atoms with Gasteiger partial charge in [0, 0.05) is 19.0 Å². The number of ether oxygens (including phenoxy) is 1. The first-order valence-corrected chi connectivity index (χ1v) is 7.13. The van der Waals surface area contributed by atoms with E-state index in [4.69, 9.17) is 10.5 Å². The van der Waals surface area contributed by atoms with Gasteiger partial charge < -0.3 is 15.0 Å². The molecule has 0 spiro atoms. The second kappa shape index (κ2) is 5.63. The summed E-state index contributed by atoms with van der Waals surface area (Å²) in [4.78, 5) is 0. The molecule has 1 unspecified atom stereocenters. The zero-order valence-corrected chi connectivity index (χ0v) is 11.7. The van der Waals surface area contributed by atoms with E-state index < -0.39 is 0 Å². The maximum atomic E-state index is 5.88. The maximum absolute atomic E-state index is 5.88. The van der Waals surface area contributed by atoms with Crippen molar-refractivity contribution in [3.63, 3.8) is 0 Å². The summed E-state index contributed by atoms with van der Waals surface area (Å²) in [5, 5.41) is 8.46. The lowest BCUT2D eigenvalue weighted by molar-refractivity contribution is 0.286. The highest BCUT2D eigenvalue weighted by atomic mass is 16.5. The van der Waals surface area contributed by atoms with Gasteiger partial charge in [-0.25, -0.2) is 0 Å². The van der Waals surface area contributed by atoms with Crippen molar-refractivity contribution in [1.29, 1.82) is 0 Å². The van der Waals surface area contributed by atoms with Crippen LogP contribution in [0.5, 0.6) is 5.75 Å². The summed E-state index contributed by atoms with van der Waals surface area (Å²) in [6, 6.07) is 7.92. The Balaban J connectivity index is 1.70. The summed E-state index contributed by atoms with van der Waals surface area (Å²) in [5.74, 6) is 2.82. The van der Waals surface area contributed by atoms with E-state index in [1.807, 2.05) is 31.2 Å². The topological polar surface area (TPSA) is 66.0 Å².